The fourth-order valence-corrected chi connectivity index (χ4v) is 5.40. The molecule has 3 heterocycles. The average Bonchev–Trinajstić information content (AvgIpc) is 3.51. The number of hydrogen-bond donors (Lipinski definition) is 1. The Bertz CT molecular complexity index is 1890. The molecule has 5 rings (SSSR count). The first-order valence-electron chi connectivity index (χ1n) is 14.7. The Kier molecular flexibility index (Phi) is 8.79. The summed E-state index contributed by atoms with van der Waals surface area (Å²) in [4.78, 5) is 36.7. The number of alkyl halides is 3. The molecule has 0 spiro atoms. The Morgan fingerprint density at radius 3 is 2.39 bits per heavy atom. The Balaban J connectivity index is 1.51. The number of fused-ring (bicyclic) bond motifs is 1. The SMILES string of the molecule is COc1ccc2nc(C)c(C)c(C(=O)N(CC3=CC=C(c4cccc(C(C)(C)C(=O)O)c4)CC3)Cc3ccc(C(F)(F)F)o3)c2n1. The molecule has 1 amide bonds. The summed E-state index contributed by atoms with van der Waals surface area (Å²) in [6.07, 6.45) is 0.384. The number of methoxy groups -OCH3 is 1. The predicted octanol–water partition coefficient (Wildman–Crippen LogP) is 7.68. The van der Waals surface area contributed by atoms with Gasteiger partial charge in [-0.25, -0.2) is 4.98 Å². The number of allylic oxidation sites excluding steroid dienone is 3. The third kappa shape index (κ3) is 6.54. The highest BCUT2D eigenvalue weighted by Crippen LogP contribution is 2.34. The molecule has 1 aromatic carbocycles. The van der Waals surface area contributed by atoms with Crippen LogP contribution in [-0.2, 0) is 22.9 Å². The Hall–Kier alpha value is -4.93. The molecule has 240 valence electrons. The standard InChI is InChI=1S/C35H34F3N3O5/c1-20-21(2)39-27-14-16-29(45-5)40-31(27)30(20)32(42)41(19-26-13-15-28(46-26)35(36,37)38)18-22-9-11-23(12-10-22)24-7-6-8-25(17-24)34(3,4)33(43)44/h6-9,11,13-17H,10,12,18-19H2,1-5H3,(H,43,44). The molecule has 0 aliphatic heterocycles. The molecule has 8 nitrogen and oxygen atoms in total. The molecule has 0 fully saturated rings. The van der Waals surface area contributed by atoms with Crippen LogP contribution in [0.5, 0.6) is 5.88 Å². The normalized spacial score (nSPS) is 13.7. The van der Waals surface area contributed by atoms with E-state index in [0.717, 1.165) is 22.8 Å². The predicted molar refractivity (Wildman–Crippen MR) is 166 cm³/mol. The summed E-state index contributed by atoms with van der Waals surface area (Å²) in [7, 11) is 1.46. The lowest BCUT2D eigenvalue weighted by Crippen LogP contribution is -2.33. The van der Waals surface area contributed by atoms with Crippen molar-refractivity contribution in [3.63, 3.8) is 0 Å². The maximum Gasteiger partial charge on any atom is 0.449 e. The topological polar surface area (TPSA) is 106 Å². The van der Waals surface area contributed by atoms with Gasteiger partial charge in [0.2, 0.25) is 11.6 Å². The number of halogens is 3. The highest BCUT2D eigenvalue weighted by atomic mass is 19.4. The van der Waals surface area contributed by atoms with Gasteiger partial charge < -0.3 is 19.2 Å². The minimum atomic E-state index is -4.66. The Labute approximate surface area is 264 Å². The zero-order valence-electron chi connectivity index (χ0n) is 26.2. The van der Waals surface area contributed by atoms with E-state index in [1.165, 1.54) is 18.1 Å². The van der Waals surface area contributed by atoms with E-state index >= 15 is 0 Å². The van der Waals surface area contributed by atoms with E-state index in [-0.39, 0.29) is 24.4 Å². The van der Waals surface area contributed by atoms with Crippen molar-refractivity contribution in [3.8, 4) is 5.88 Å². The first kappa shape index (κ1) is 32.5. The van der Waals surface area contributed by atoms with E-state index in [1.54, 1.807) is 45.9 Å². The molecule has 0 unspecified atom stereocenters. The van der Waals surface area contributed by atoms with Gasteiger partial charge in [0, 0.05) is 18.3 Å². The van der Waals surface area contributed by atoms with Crippen LogP contribution < -0.4 is 4.74 Å². The highest BCUT2D eigenvalue weighted by Gasteiger charge is 2.35. The lowest BCUT2D eigenvalue weighted by molar-refractivity contribution is -0.153. The summed E-state index contributed by atoms with van der Waals surface area (Å²) in [6, 6.07) is 12.9. The minimum Gasteiger partial charge on any atom is -0.481 e. The Morgan fingerprint density at radius 1 is 1.00 bits per heavy atom. The molecule has 0 radical (unpaired) electrons. The number of benzene rings is 1. The van der Waals surface area contributed by atoms with Crippen molar-refractivity contribution in [1.82, 2.24) is 14.9 Å². The zero-order valence-corrected chi connectivity index (χ0v) is 26.2. The van der Waals surface area contributed by atoms with Crippen LogP contribution in [0.1, 0.15) is 71.0 Å². The molecule has 0 saturated carbocycles. The van der Waals surface area contributed by atoms with Gasteiger partial charge in [0.15, 0.2) is 0 Å². The van der Waals surface area contributed by atoms with Crippen LogP contribution in [-0.4, -0.2) is 45.5 Å². The number of aromatic nitrogens is 2. The van der Waals surface area contributed by atoms with Gasteiger partial charge >= 0.3 is 12.1 Å². The number of aliphatic carboxylic acids is 1. The van der Waals surface area contributed by atoms with Crippen LogP contribution in [0.4, 0.5) is 13.2 Å². The number of nitrogens with zero attached hydrogens (tertiary/aromatic N) is 3. The highest BCUT2D eigenvalue weighted by molar-refractivity contribution is 6.06. The second-order valence-corrected chi connectivity index (χ2v) is 11.9. The van der Waals surface area contributed by atoms with Gasteiger partial charge in [-0.2, -0.15) is 13.2 Å². The van der Waals surface area contributed by atoms with Gasteiger partial charge in [0.25, 0.3) is 5.91 Å². The molecule has 11 heteroatoms. The summed E-state index contributed by atoms with van der Waals surface area (Å²) in [5, 5.41) is 9.67. The summed E-state index contributed by atoms with van der Waals surface area (Å²) in [6.45, 7) is 6.78. The van der Waals surface area contributed by atoms with Crippen molar-refractivity contribution in [3.05, 3.63) is 106 Å². The van der Waals surface area contributed by atoms with E-state index < -0.39 is 29.2 Å². The lowest BCUT2D eigenvalue weighted by Gasteiger charge is -2.26. The third-order valence-electron chi connectivity index (χ3n) is 8.41. The number of ether oxygens (including phenoxy) is 1. The largest absolute Gasteiger partial charge is 0.481 e. The van der Waals surface area contributed by atoms with Crippen molar-refractivity contribution in [2.45, 2.75) is 58.7 Å². The van der Waals surface area contributed by atoms with Gasteiger partial charge in [-0.15, -0.1) is 0 Å². The van der Waals surface area contributed by atoms with E-state index in [0.29, 0.717) is 46.6 Å². The van der Waals surface area contributed by atoms with Gasteiger partial charge in [-0.1, -0.05) is 42.0 Å². The van der Waals surface area contributed by atoms with Crippen molar-refractivity contribution in [2.75, 3.05) is 13.7 Å². The number of carbonyl (C=O) groups excluding carboxylic acids is 1. The summed E-state index contributed by atoms with van der Waals surface area (Å²) < 4.78 is 50.4. The second-order valence-electron chi connectivity index (χ2n) is 11.9. The molecule has 46 heavy (non-hydrogen) atoms. The van der Waals surface area contributed by atoms with Gasteiger partial charge in [0.05, 0.1) is 30.1 Å². The molecule has 4 aromatic rings. The molecular weight excluding hydrogens is 599 g/mol. The van der Waals surface area contributed by atoms with Crippen LogP contribution in [0, 0.1) is 13.8 Å². The molecule has 0 saturated heterocycles. The lowest BCUT2D eigenvalue weighted by atomic mass is 9.82. The van der Waals surface area contributed by atoms with Crippen molar-refractivity contribution >= 4 is 28.5 Å². The smallest absolute Gasteiger partial charge is 0.449 e. The van der Waals surface area contributed by atoms with Crippen LogP contribution in [0.2, 0.25) is 0 Å². The monoisotopic (exact) mass is 633 g/mol. The number of pyridine rings is 2. The molecule has 3 aromatic heterocycles. The number of furan rings is 1. The fraction of sp³-hybridized carbons (Fsp3) is 0.314. The maximum absolute atomic E-state index is 14.3. The van der Waals surface area contributed by atoms with E-state index in [4.69, 9.17) is 9.15 Å². The Morgan fingerprint density at radius 2 is 1.76 bits per heavy atom. The van der Waals surface area contributed by atoms with Crippen LogP contribution in [0.15, 0.2) is 70.7 Å². The number of hydrogen-bond acceptors (Lipinski definition) is 6. The second kappa shape index (κ2) is 12.5. The number of carboxylic acids is 1. The van der Waals surface area contributed by atoms with E-state index in [1.807, 2.05) is 30.4 Å². The number of carboxylic acid groups (broad SMARTS) is 1. The summed E-state index contributed by atoms with van der Waals surface area (Å²) >= 11 is 0. The quantitative estimate of drug-likeness (QED) is 0.202. The molecule has 1 aliphatic rings. The molecule has 0 bridgehead atoms. The van der Waals surface area contributed by atoms with Crippen molar-refractivity contribution in [1.29, 1.82) is 0 Å². The van der Waals surface area contributed by atoms with E-state index in [9.17, 15) is 27.9 Å². The molecule has 0 atom stereocenters. The first-order chi connectivity index (χ1) is 21.7. The average molecular weight is 634 g/mol. The first-order valence-corrected chi connectivity index (χ1v) is 14.7. The maximum atomic E-state index is 14.3. The van der Waals surface area contributed by atoms with Crippen LogP contribution in [0.3, 0.4) is 0 Å². The molecule has 1 N–H and O–H groups in total. The van der Waals surface area contributed by atoms with Gasteiger partial charge in [-0.3, -0.25) is 14.6 Å². The van der Waals surface area contributed by atoms with Crippen molar-refractivity contribution < 1.29 is 37.0 Å². The van der Waals surface area contributed by atoms with E-state index in [2.05, 4.69) is 9.97 Å². The number of amides is 1. The van der Waals surface area contributed by atoms with Gasteiger partial charge in [0.1, 0.15) is 11.3 Å². The molecular formula is C35H34F3N3O5. The minimum absolute atomic E-state index is 0.00977. The number of carbonyl (C=O) groups is 2. The van der Waals surface area contributed by atoms with Crippen LogP contribution >= 0.6 is 0 Å². The van der Waals surface area contributed by atoms with Crippen molar-refractivity contribution in [2.24, 2.45) is 0 Å². The third-order valence-corrected chi connectivity index (χ3v) is 8.41. The number of aryl methyl sites for hydroxylation is 1. The summed E-state index contributed by atoms with van der Waals surface area (Å²) in [5.41, 5.74) is 4.75. The zero-order chi connectivity index (χ0) is 33.4. The molecule has 1 aliphatic carbocycles. The van der Waals surface area contributed by atoms with Gasteiger partial charge in [-0.05, 0) is 81.0 Å². The number of rotatable bonds is 9. The van der Waals surface area contributed by atoms with Crippen LogP contribution in [0.25, 0.3) is 16.6 Å². The fourth-order valence-electron chi connectivity index (χ4n) is 5.40. The summed E-state index contributed by atoms with van der Waals surface area (Å²) in [5.74, 6) is -2.21.